The van der Waals surface area contributed by atoms with Crippen LogP contribution in [0.25, 0.3) is 0 Å². The Labute approximate surface area is 91.3 Å². The SMILES string of the molecule is CC(C)C(=O)NCCC1(C)OCCCO1. The third-order valence-electron chi connectivity index (χ3n) is 2.51. The molecule has 15 heavy (non-hydrogen) atoms. The van der Waals surface area contributed by atoms with Gasteiger partial charge in [0.05, 0.1) is 13.2 Å². The summed E-state index contributed by atoms with van der Waals surface area (Å²) in [6.45, 7) is 7.78. The quantitative estimate of drug-likeness (QED) is 0.769. The van der Waals surface area contributed by atoms with Crippen molar-refractivity contribution in [1.82, 2.24) is 5.32 Å². The number of amides is 1. The van der Waals surface area contributed by atoms with Crippen LogP contribution in [0.2, 0.25) is 0 Å². The molecule has 0 aromatic carbocycles. The fourth-order valence-corrected chi connectivity index (χ4v) is 1.44. The van der Waals surface area contributed by atoms with E-state index in [1.165, 1.54) is 0 Å². The zero-order chi connectivity index (χ0) is 11.3. The standard InChI is InChI=1S/C11H21NO3/c1-9(2)10(13)12-6-5-11(3)14-7-4-8-15-11/h9H,4-8H2,1-3H3,(H,12,13). The predicted octanol–water partition coefficient (Wildman–Crippen LogP) is 1.30. The Kier molecular flexibility index (Phi) is 4.54. The van der Waals surface area contributed by atoms with Gasteiger partial charge in [-0.05, 0) is 13.3 Å². The van der Waals surface area contributed by atoms with Crippen LogP contribution >= 0.6 is 0 Å². The minimum atomic E-state index is -0.511. The van der Waals surface area contributed by atoms with Gasteiger partial charge in [0.15, 0.2) is 5.79 Å². The van der Waals surface area contributed by atoms with E-state index >= 15 is 0 Å². The monoisotopic (exact) mass is 215 g/mol. The highest BCUT2D eigenvalue weighted by Gasteiger charge is 2.28. The van der Waals surface area contributed by atoms with E-state index in [9.17, 15) is 4.79 Å². The maximum atomic E-state index is 11.3. The number of hydrogen-bond donors (Lipinski definition) is 1. The van der Waals surface area contributed by atoms with Crippen molar-refractivity contribution in [2.45, 2.75) is 39.4 Å². The van der Waals surface area contributed by atoms with Crippen LogP contribution in [0.5, 0.6) is 0 Å². The Balaban J connectivity index is 2.21. The van der Waals surface area contributed by atoms with E-state index in [4.69, 9.17) is 9.47 Å². The van der Waals surface area contributed by atoms with Gasteiger partial charge < -0.3 is 14.8 Å². The summed E-state index contributed by atoms with van der Waals surface area (Å²) in [6, 6.07) is 0. The molecule has 0 unspecified atom stereocenters. The molecule has 0 saturated carbocycles. The molecule has 1 saturated heterocycles. The molecule has 0 aromatic heterocycles. The zero-order valence-corrected chi connectivity index (χ0v) is 9.84. The van der Waals surface area contributed by atoms with Crippen LogP contribution < -0.4 is 5.32 Å². The first-order chi connectivity index (χ1) is 7.03. The van der Waals surface area contributed by atoms with Gasteiger partial charge in [0.1, 0.15) is 0 Å². The average Bonchev–Trinajstić information content (AvgIpc) is 2.18. The summed E-state index contributed by atoms with van der Waals surface area (Å²) < 4.78 is 11.1. The van der Waals surface area contributed by atoms with Crippen LogP contribution in [0.1, 0.15) is 33.6 Å². The minimum absolute atomic E-state index is 0.0333. The van der Waals surface area contributed by atoms with Crippen molar-refractivity contribution in [3.05, 3.63) is 0 Å². The second-order valence-electron chi connectivity index (χ2n) is 4.38. The first-order valence-corrected chi connectivity index (χ1v) is 5.59. The Morgan fingerprint density at radius 1 is 1.40 bits per heavy atom. The smallest absolute Gasteiger partial charge is 0.222 e. The Bertz CT molecular complexity index is 210. The van der Waals surface area contributed by atoms with Gasteiger partial charge in [-0.2, -0.15) is 0 Å². The van der Waals surface area contributed by atoms with Gasteiger partial charge in [-0.1, -0.05) is 13.8 Å². The fraction of sp³-hybridized carbons (Fsp3) is 0.909. The highest BCUT2D eigenvalue weighted by molar-refractivity contribution is 5.77. The summed E-state index contributed by atoms with van der Waals surface area (Å²) in [5.41, 5.74) is 0. The van der Waals surface area contributed by atoms with E-state index in [2.05, 4.69) is 5.32 Å². The van der Waals surface area contributed by atoms with Crippen molar-refractivity contribution in [2.24, 2.45) is 5.92 Å². The summed E-state index contributed by atoms with van der Waals surface area (Å²) in [5, 5.41) is 2.86. The predicted molar refractivity (Wildman–Crippen MR) is 57.4 cm³/mol. The lowest BCUT2D eigenvalue weighted by Crippen LogP contribution is -2.41. The lowest BCUT2D eigenvalue weighted by Gasteiger charge is -2.34. The van der Waals surface area contributed by atoms with Gasteiger partial charge >= 0.3 is 0 Å². The van der Waals surface area contributed by atoms with Gasteiger partial charge in [0.25, 0.3) is 0 Å². The number of ether oxygens (including phenoxy) is 2. The average molecular weight is 215 g/mol. The van der Waals surface area contributed by atoms with Gasteiger partial charge in [-0.15, -0.1) is 0 Å². The highest BCUT2D eigenvalue weighted by Crippen LogP contribution is 2.21. The van der Waals surface area contributed by atoms with Gasteiger partial charge in [-0.3, -0.25) is 4.79 Å². The minimum Gasteiger partial charge on any atom is -0.356 e. The molecule has 0 aliphatic carbocycles. The summed E-state index contributed by atoms with van der Waals surface area (Å²) in [6.07, 6.45) is 1.65. The molecule has 1 amide bonds. The molecule has 1 fully saturated rings. The Morgan fingerprint density at radius 2 is 2.00 bits per heavy atom. The normalized spacial score (nSPS) is 20.3. The Hall–Kier alpha value is -0.610. The summed E-state index contributed by atoms with van der Waals surface area (Å²) in [5.74, 6) is -0.400. The van der Waals surface area contributed by atoms with Crippen LogP contribution in [0.3, 0.4) is 0 Å². The summed E-state index contributed by atoms with van der Waals surface area (Å²) >= 11 is 0. The van der Waals surface area contributed by atoms with Gasteiger partial charge in [0.2, 0.25) is 5.91 Å². The van der Waals surface area contributed by atoms with Crippen molar-refractivity contribution < 1.29 is 14.3 Å². The third kappa shape index (κ3) is 4.18. The maximum Gasteiger partial charge on any atom is 0.222 e. The molecule has 88 valence electrons. The molecule has 0 atom stereocenters. The number of rotatable bonds is 4. The van der Waals surface area contributed by atoms with Crippen molar-refractivity contribution in [2.75, 3.05) is 19.8 Å². The molecular formula is C11H21NO3. The number of nitrogens with one attached hydrogen (secondary N) is 1. The topological polar surface area (TPSA) is 47.6 Å². The second kappa shape index (κ2) is 5.47. The number of carbonyl (C=O) groups is 1. The third-order valence-corrected chi connectivity index (χ3v) is 2.51. The van der Waals surface area contributed by atoms with Crippen LogP contribution in [0.4, 0.5) is 0 Å². The van der Waals surface area contributed by atoms with E-state index in [-0.39, 0.29) is 11.8 Å². The van der Waals surface area contributed by atoms with Crippen LogP contribution in [0.15, 0.2) is 0 Å². The van der Waals surface area contributed by atoms with Crippen molar-refractivity contribution in [1.29, 1.82) is 0 Å². The van der Waals surface area contributed by atoms with E-state index in [0.717, 1.165) is 19.6 Å². The van der Waals surface area contributed by atoms with E-state index in [1.54, 1.807) is 0 Å². The highest BCUT2D eigenvalue weighted by atomic mass is 16.7. The van der Waals surface area contributed by atoms with Gasteiger partial charge in [-0.25, -0.2) is 0 Å². The number of hydrogen-bond acceptors (Lipinski definition) is 3. The molecule has 0 radical (unpaired) electrons. The molecule has 0 aromatic rings. The lowest BCUT2D eigenvalue weighted by molar-refractivity contribution is -0.258. The van der Waals surface area contributed by atoms with E-state index in [0.29, 0.717) is 13.0 Å². The fourth-order valence-electron chi connectivity index (χ4n) is 1.44. The lowest BCUT2D eigenvalue weighted by atomic mass is 10.1. The summed E-state index contributed by atoms with van der Waals surface area (Å²) in [7, 11) is 0. The van der Waals surface area contributed by atoms with E-state index in [1.807, 2.05) is 20.8 Å². The molecule has 0 bridgehead atoms. The molecule has 1 aliphatic heterocycles. The molecular weight excluding hydrogens is 194 g/mol. The van der Waals surface area contributed by atoms with Crippen LogP contribution in [-0.2, 0) is 14.3 Å². The first kappa shape index (κ1) is 12.5. The molecule has 1 rings (SSSR count). The maximum absolute atomic E-state index is 11.3. The molecule has 0 spiro atoms. The Morgan fingerprint density at radius 3 is 2.53 bits per heavy atom. The molecule has 1 N–H and O–H groups in total. The molecule has 4 heteroatoms. The molecule has 1 aliphatic rings. The largest absolute Gasteiger partial charge is 0.356 e. The molecule has 4 nitrogen and oxygen atoms in total. The van der Waals surface area contributed by atoms with Crippen molar-refractivity contribution >= 4 is 5.91 Å². The zero-order valence-electron chi connectivity index (χ0n) is 9.84. The van der Waals surface area contributed by atoms with Crippen LogP contribution in [-0.4, -0.2) is 31.5 Å². The van der Waals surface area contributed by atoms with Crippen molar-refractivity contribution in [3.63, 3.8) is 0 Å². The van der Waals surface area contributed by atoms with E-state index < -0.39 is 5.79 Å². The number of carbonyl (C=O) groups excluding carboxylic acids is 1. The van der Waals surface area contributed by atoms with Gasteiger partial charge in [0, 0.05) is 18.9 Å². The summed E-state index contributed by atoms with van der Waals surface area (Å²) in [4.78, 5) is 11.3. The molecule has 1 heterocycles. The van der Waals surface area contributed by atoms with Crippen molar-refractivity contribution in [3.8, 4) is 0 Å². The van der Waals surface area contributed by atoms with Crippen LogP contribution in [0, 0.1) is 5.92 Å². The second-order valence-corrected chi connectivity index (χ2v) is 4.38. The first-order valence-electron chi connectivity index (χ1n) is 5.59.